The molecular formula is C25H35F3N3O5P. The fourth-order valence-corrected chi connectivity index (χ4v) is 5.26. The zero-order valence-corrected chi connectivity index (χ0v) is 22.2. The maximum Gasteiger partial charge on any atom is 0.396 e. The lowest BCUT2D eigenvalue weighted by Gasteiger charge is -2.28. The molecule has 12 heteroatoms. The van der Waals surface area contributed by atoms with E-state index in [1.165, 1.54) is 6.20 Å². The number of amides is 1. The average molecular weight is 546 g/mol. The Bertz CT molecular complexity index is 1240. The Morgan fingerprint density at radius 2 is 1.84 bits per heavy atom. The molecule has 1 aliphatic rings. The number of benzene rings is 1. The molecule has 3 rings (SSSR count). The normalized spacial score (nSPS) is 15.4. The SMILES string of the molecule is CCC(CC)n1cc(CN(CC(F)(F)P(=O)(O)O)C(C)=O)c(=O)c2cc(F)c(NC3CCCCC3)cc21. The van der Waals surface area contributed by atoms with Gasteiger partial charge in [-0.1, -0.05) is 33.1 Å². The van der Waals surface area contributed by atoms with Gasteiger partial charge >= 0.3 is 13.3 Å². The summed E-state index contributed by atoms with van der Waals surface area (Å²) < 4.78 is 56.4. The van der Waals surface area contributed by atoms with Crippen molar-refractivity contribution in [2.45, 2.75) is 90.0 Å². The third-order valence-corrected chi connectivity index (χ3v) is 8.10. The van der Waals surface area contributed by atoms with Crippen LogP contribution in [0.2, 0.25) is 0 Å². The van der Waals surface area contributed by atoms with Gasteiger partial charge in [-0.3, -0.25) is 14.2 Å². The molecule has 0 spiro atoms. The van der Waals surface area contributed by atoms with Gasteiger partial charge in [0.2, 0.25) is 5.91 Å². The van der Waals surface area contributed by atoms with Crippen LogP contribution in [0.4, 0.5) is 18.9 Å². The minimum atomic E-state index is -5.85. The quantitative estimate of drug-likeness (QED) is 0.347. The van der Waals surface area contributed by atoms with Crippen molar-refractivity contribution in [1.82, 2.24) is 9.47 Å². The first-order chi connectivity index (χ1) is 17.3. The molecule has 206 valence electrons. The number of rotatable bonds is 10. The number of anilines is 1. The molecule has 2 aromatic rings. The first-order valence-corrected chi connectivity index (χ1v) is 14.2. The van der Waals surface area contributed by atoms with Crippen LogP contribution in [0.1, 0.15) is 77.3 Å². The van der Waals surface area contributed by atoms with E-state index in [0.29, 0.717) is 23.3 Å². The molecular weight excluding hydrogens is 510 g/mol. The van der Waals surface area contributed by atoms with Crippen molar-refractivity contribution in [2.24, 2.45) is 0 Å². The van der Waals surface area contributed by atoms with Crippen molar-refractivity contribution in [1.29, 1.82) is 0 Å². The van der Waals surface area contributed by atoms with Crippen LogP contribution in [0.25, 0.3) is 10.9 Å². The van der Waals surface area contributed by atoms with E-state index in [1.807, 2.05) is 13.8 Å². The molecule has 1 saturated carbocycles. The molecule has 0 atom stereocenters. The first-order valence-electron chi connectivity index (χ1n) is 12.6. The zero-order valence-electron chi connectivity index (χ0n) is 21.3. The highest BCUT2D eigenvalue weighted by molar-refractivity contribution is 7.53. The number of alkyl halides is 2. The van der Waals surface area contributed by atoms with Crippen LogP contribution >= 0.6 is 7.60 Å². The summed E-state index contributed by atoms with van der Waals surface area (Å²) in [6, 6.07) is 2.77. The van der Waals surface area contributed by atoms with Gasteiger partial charge in [0.1, 0.15) is 5.82 Å². The van der Waals surface area contributed by atoms with E-state index in [0.717, 1.165) is 45.1 Å². The number of aromatic nitrogens is 1. The Morgan fingerprint density at radius 1 is 1.22 bits per heavy atom. The topological polar surface area (TPSA) is 112 Å². The number of nitrogens with one attached hydrogen (secondary N) is 1. The van der Waals surface area contributed by atoms with Crippen LogP contribution in [0.15, 0.2) is 23.1 Å². The van der Waals surface area contributed by atoms with E-state index in [4.69, 9.17) is 9.79 Å². The molecule has 0 radical (unpaired) electrons. The van der Waals surface area contributed by atoms with E-state index < -0.39 is 43.5 Å². The summed E-state index contributed by atoms with van der Waals surface area (Å²) in [5.74, 6) is -1.50. The summed E-state index contributed by atoms with van der Waals surface area (Å²) in [6.45, 7) is 2.70. The smallest absolute Gasteiger partial charge is 0.380 e. The van der Waals surface area contributed by atoms with Gasteiger partial charge in [-0.15, -0.1) is 0 Å². The molecule has 1 aliphatic carbocycles. The number of hydrogen-bond donors (Lipinski definition) is 3. The average Bonchev–Trinajstić information content (AvgIpc) is 2.82. The van der Waals surface area contributed by atoms with Crippen LogP contribution in [0.3, 0.4) is 0 Å². The summed E-state index contributed by atoms with van der Waals surface area (Å²) in [5.41, 5.74) is -4.40. The van der Waals surface area contributed by atoms with E-state index >= 15 is 4.39 Å². The minimum Gasteiger partial charge on any atom is -0.380 e. The van der Waals surface area contributed by atoms with Gasteiger partial charge in [-0.2, -0.15) is 8.78 Å². The molecule has 0 unspecified atom stereocenters. The predicted molar refractivity (Wildman–Crippen MR) is 136 cm³/mol. The minimum absolute atomic E-state index is 0.0429. The van der Waals surface area contributed by atoms with Crippen LogP contribution in [-0.4, -0.2) is 43.4 Å². The lowest BCUT2D eigenvalue weighted by molar-refractivity contribution is -0.132. The second kappa shape index (κ2) is 11.6. The van der Waals surface area contributed by atoms with Crippen molar-refractivity contribution in [2.75, 3.05) is 11.9 Å². The van der Waals surface area contributed by atoms with Crippen LogP contribution < -0.4 is 10.7 Å². The van der Waals surface area contributed by atoms with E-state index in [9.17, 15) is 22.9 Å². The summed E-state index contributed by atoms with van der Waals surface area (Å²) in [7, 11) is -5.85. The molecule has 37 heavy (non-hydrogen) atoms. The summed E-state index contributed by atoms with van der Waals surface area (Å²) in [6.07, 6.45) is 7.94. The van der Waals surface area contributed by atoms with Crippen molar-refractivity contribution in [3.8, 4) is 0 Å². The van der Waals surface area contributed by atoms with Crippen LogP contribution in [0, 0.1) is 5.82 Å². The second-order valence-electron chi connectivity index (χ2n) is 9.77. The van der Waals surface area contributed by atoms with Crippen LogP contribution in [0.5, 0.6) is 0 Å². The van der Waals surface area contributed by atoms with Crippen molar-refractivity contribution in [3.63, 3.8) is 0 Å². The fourth-order valence-electron chi connectivity index (χ4n) is 4.91. The largest absolute Gasteiger partial charge is 0.396 e. The number of nitrogens with zero attached hydrogens (tertiary/aromatic N) is 2. The van der Waals surface area contributed by atoms with Crippen molar-refractivity contribution < 1.29 is 32.3 Å². The molecule has 3 N–H and O–H groups in total. The monoisotopic (exact) mass is 545 g/mol. The third kappa shape index (κ3) is 6.56. The molecule has 1 amide bonds. The van der Waals surface area contributed by atoms with E-state index in [-0.39, 0.29) is 28.7 Å². The van der Waals surface area contributed by atoms with E-state index in [1.54, 1.807) is 10.6 Å². The highest BCUT2D eigenvalue weighted by Gasteiger charge is 2.50. The summed E-state index contributed by atoms with van der Waals surface area (Å²) in [4.78, 5) is 44.0. The molecule has 0 saturated heterocycles. The Morgan fingerprint density at radius 3 is 2.38 bits per heavy atom. The summed E-state index contributed by atoms with van der Waals surface area (Å²) >= 11 is 0. The fraction of sp³-hybridized carbons (Fsp3) is 0.600. The molecule has 0 bridgehead atoms. The molecule has 1 heterocycles. The molecule has 0 aliphatic heterocycles. The summed E-state index contributed by atoms with van der Waals surface area (Å²) in [5, 5.41) is 3.31. The number of hydrogen-bond acceptors (Lipinski definition) is 4. The number of pyridine rings is 1. The number of carbonyl (C=O) groups is 1. The zero-order chi connectivity index (χ0) is 27.5. The predicted octanol–water partition coefficient (Wildman–Crippen LogP) is 5.37. The number of fused-ring (bicyclic) bond motifs is 1. The molecule has 1 fully saturated rings. The Labute approximate surface area is 214 Å². The highest BCUT2D eigenvalue weighted by atomic mass is 31.2. The van der Waals surface area contributed by atoms with Gasteiger partial charge < -0.3 is 24.6 Å². The van der Waals surface area contributed by atoms with Gasteiger partial charge in [0.25, 0.3) is 0 Å². The molecule has 8 nitrogen and oxygen atoms in total. The Balaban J connectivity index is 2.10. The van der Waals surface area contributed by atoms with Crippen LogP contribution in [-0.2, 0) is 15.9 Å². The molecule has 1 aromatic heterocycles. The van der Waals surface area contributed by atoms with Gasteiger partial charge in [-0.25, -0.2) is 4.39 Å². The Kier molecular flexibility index (Phi) is 9.14. The third-order valence-electron chi connectivity index (χ3n) is 7.11. The lowest BCUT2D eigenvalue weighted by atomic mass is 9.95. The lowest BCUT2D eigenvalue weighted by Crippen LogP contribution is -2.40. The maximum absolute atomic E-state index is 15.2. The second-order valence-corrected chi connectivity index (χ2v) is 11.5. The standard InChI is InChI=1S/C25H35F3N3O5P/c1-4-19(5-2)31-14-17(13-30(16(3)32)15-25(27,28)37(34,35)36)24(33)20-11-21(26)22(12-23(20)31)29-18-9-7-6-8-10-18/h11-12,14,18-19,29H,4-10,13,15H2,1-3H3,(H2,34,35,36). The maximum atomic E-state index is 15.2. The van der Waals surface area contributed by atoms with Gasteiger partial charge in [-0.05, 0) is 37.8 Å². The highest BCUT2D eigenvalue weighted by Crippen LogP contribution is 2.53. The Hall–Kier alpha value is -2.36. The van der Waals surface area contributed by atoms with E-state index in [2.05, 4.69) is 5.32 Å². The van der Waals surface area contributed by atoms with Crippen molar-refractivity contribution >= 4 is 30.1 Å². The van der Waals surface area contributed by atoms with Crippen molar-refractivity contribution in [3.05, 3.63) is 39.9 Å². The first kappa shape index (κ1) is 29.2. The van der Waals surface area contributed by atoms with Gasteiger partial charge in [0.05, 0.1) is 24.3 Å². The number of halogens is 3. The van der Waals surface area contributed by atoms with Gasteiger partial charge in [0.15, 0.2) is 5.43 Å². The molecule has 1 aromatic carbocycles. The van der Waals surface area contributed by atoms with Gasteiger partial charge in [0, 0.05) is 36.2 Å². The number of carbonyl (C=O) groups excluding carboxylic acids is 1.